The van der Waals surface area contributed by atoms with E-state index in [4.69, 9.17) is 0 Å². The predicted octanol–water partition coefficient (Wildman–Crippen LogP) is 13.8. The molecule has 0 heterocycles. The molecule has 0 bridgehead atoms. The van der Waals surface area contributed by atoms with E-state index in [1.54, 1.807) is 0 Å². The maximum absolute atomic E-state index is 2.54. The summed E-state index contributed by atoms with van der Waals surface area (Å²) >= 11 is 0. The van der Waals surface area contributed by atoms with Crippen molar-refractivity contribution >= 4 is 17.1 Å². The third kappa shape index (κ3) is 3.70. The molecule has 1 heteroatoms. The first-order valence-corrected chi connectivity index (χ1v) is 20.0. The van der Waals surface area contributed by atoms with Gasteiger partial charge in [0.1, 0.15) is 0 Å². The van der Waals surface area contributed by atoms with Crippen LogP contribution in [0.25, 0.3) is 44.5 Å². The lowest BCUT2D eigenvalue weighted by molar-refractivity contribution is 0.790. The van der Waals surface area contributed by atoms with Crippen molar-refractivity contribution in [1.29, 1.82) is 0 Å². The number of benzene rings is 9. The molecule has 1 nitrogen and oxygen atoms in total. The highest BCUT2D eigenvalue weighted by molar-refractivity contribution is 6.01. The summed E-state index contributed by atoms with van der Waals surface area (Å²) in [5.41, 5.74) is 23.8. The highest BCUT2D eigenvalue weighted by Gasteiger charge is 2.54. The molecule has 0 saturated carbocycles. The molecule has 0 unspecified atom stereocenters. The lowest BCUT2D eigenvalue weighted by atomic mass is 9.69. The van der Waals surface area contributed by atoms with Crippen LogP contribution in [-0.2, 0) is 10.8 Å². The SMILES string of the molecule is c1ccc(N(c2ccc3c(c2)C2(c4ccccc4-c4ccccc42)c2ccccc2-3)c2cccc3c2C2(c4ccccc4-c4ccccc42)c2ccccc2-3)cc1. The molecule has 0 fully saturated rings. The van der Waals surface area contributed by atoms with Crippen molar-refractivity contribution in [1.82, 2.24) is 0 Å². The molecule has 13 rings (SSSR count). The zero-order valence-corrected chi connectivity index (χ0v) is 31.2. The van der Waals surface area contributed by atoms with Crippen molar-refractivity contribution in [2.45, 2.75) is 10.8 Å². The van der Waals surface area contributed by atoms with E-state index in [9.17, 15) is 0 Å². The molecule has 9 aromatic carbocycles. The Labute approximate surface area is 332 Å². The van der Waals surface area contributed by atoms with E-state index in [1.807, 2.05) is 0 Å². The standard InChI is InChI=1S/C56H35N/c1-2-17-36(18-3-1)57(37-33-34-44-42-23-6-12-28-48(42)55(52(44)35-37)46-26-10-4-19-38(46)39-20-5-11-27-47(39)55)53-32-16-25-45-43-24-9-15-31-51(43)56(54(45)53)49-29-13-7-21-40(49)41-22-8-14-30-50(41)56/h1-35H. The summed E-state index contributed by atoms with van der Waals surface area (Å²) in [6.45, 7) is 0. The first kappa shape index (κ1) is 31.0. The minimum atomic E-state index is -0.486. The van der Waals surface area contributed by atoms with E-state index in [-0.39, 0.29) is 0 Å². The number of anilines is 3. The van der Waals surface area contributed by atoms with Crippen molar-refractivity contribution < 1.29 is 0 Å². The third-order valence-corrected chi connectivity index (χ3v) is 13.5. The van der Waals surface area contributed by atoms with Crippen LogP contribution in [0.15, 0.2) is 212 Å². The average Bonchev–Trinajstić information content (AvgIpc) is 3.96. The molecule has 0 radical (unpaired) electrons. The number of fused-ring (bicyclic) bond motifs is 20. The molecule has 2 spiro atoms. The Bertz CT molecular complexity index is 3020. The van der Waals surface area contributed by atoms with Crippen molar-refractivity contribution in [3.8, 4) is 44.5 Å². The summed E-state index contributed by atoms with van der Waals surface area (Å²) in [6.07, 6.45) is 0. The Balaban J connectivity index is 1.13. The van der Waals surface area contributed by atoms with E-state index in [2.05, 4.69) is 217 Å². The Morgan fingerprint density at radius 3 is 1.09 bits per heavy atom. The molecule has 4 aliphatic rings. The Morgan fingerprint density at radius 1 is 0.246 bits per heavy atom. The average molecular weight is 722 g/mol. The second-order valence-corrected chi connectivity index (χ2v) is 15.9. The minimum absolute atomic E-state index is 0.434. The largest absolute Gasteiger partial charge is 0.310 e. The second kappa shape index (κ2) is 11.2. The summed E-state index contributed by atoms with van der Waals surface area (Å²) in [6, 6.07) is 79.8. The van der Waals surface area contributed by atoms with Gasteiger partial charge in [-0.05, 0) is 114 Å². The van der Waals surface area contributed by atoms with Crippen LogP contribution in [0.1, 0.15) is 44.5 Å². The summed E-state index contributed by atoms with van der Waals surface area (Å²) in [5.74, 6) is 0. The van der Waals surface area contributed by atoms with E-state index in [0.717, 1.165) is 11.4 Å². The number of para-hydroxylation sites is 1. The molecular formula is C56H35N. The summed E-state index contributed by atoms with van der Waals surface area (Å²) in [4.78, 5) is 2.54. The van der Waals surface area contributed by atoms with Crippen LogP contribution in [0.3, 0.4) is 0 Å². The van der Waals surface area contributed by atoms with Gasteiger partial charge in [0, 0.05) is 16.9 Å². The second-order valence-electron chi connectivity index (χ2n) is 15.9. The van der Waals surface area contributed by atoms with Gasteiger partial charge in [0.15, 0.2) is 0 Å². The highest BCUT2D eigenvalue weighted by Crippen LogP contribution is 2.66. The molecule has 0 amide bonds. The van der Waals surface area contributed by atoms with Gasteiger partial charge in [0.2, 0.25) is 0 Å². The molecule has 57 heavy (non-hydrogen) atoms. The van der Waals surface area contributed by atoms with Gasteiger partial charge in [0.05, 0.1) is 16.5 Å². The van der Waals surface area contributed by atoms with Gasteiger partial charge < -0.3 is 4.90 Å². The van der Waals surface area contributed by atoms with Gasteiger partial charge in [-0.25, -0.2) is 0 Å². The van der Waals surface area contributed by atoms with Gasteiger partial charge in [0.25, 0.3) is 0 Å². The fraction of sp³-hybridized carbons (Fsp3) is 0.0357. The molecule has 4 aliphatic carbocycles. The van der Waals surface area contributed by atoms with Crippen molar-refractivity contribution in [3.63, 3.8) is 0 Å². The zero-order chi connectivity index (χ0) is 37.3. The number of hydrogen-bond acceptors (Lipinski definition) is 1. The fourth-order valence-corrected chi connectivity index (χ4v) is 11.5. The quantitative estimate of drug-likeness (QED) is 0.176. The molecule has 264 valence electrons. The highest BCUT2D eigenvalue weighted by atomic mass is 15.1. The summed E-state index contributed by atoms with van der Waals surface area (Å²) in [5, 5.41) is 0. The minimum Gasteiger partial charge on any atom is -0.310 e. The molecular weight excluding hydrogens is 687 g/mol. The van der Waals surface area contributed by atoms with Gasteiger partial charge in [-0.1, -0.05) is 182 Å². The van der Waals surface area contributed by atoms with Crippen LogP contribution in [0.5, 0.6) is 0 Å². The first-order valence-electron chi connectivity index (χ1n) is 20.0. The Hall–Kier alpha value is -7.22. The van der Waals surface area contributed by atoms with Gasteiger partial charge >= 0.3 is 0 Å². The van der Waals surface area contributed by atoms with E-state index >= 15 is 0 Å². The topological polar surface area (TPSA) is 3.24 Å². The summed E-state index contributed by atoms with van der Waals surface area (Å²) < 4.78 is 0. The van der Waals surface area contributed by atoms with Crippen LogP contribution in [0.2, 0.25) is 0 Å². The van der Waals surface area contributed by atoms with Crippen LogP contribution in [0, 0.1) is 0 Å². The molecule has 0 N–H and O–H groups in total. The van der Waals surface area contributed by atoms with E-state index in [0.29, 0.717) is 0 Å². The van der Waals surface area contributed by atoms with Crippen LogP contribution >= 0.6 is 0 Å². The van der Waals surface area contributed by atoms with Crippen LogP contribution in [-0.4, -0.2) is 0 Å². The maximum Gasteiger partial charge on any atom is 0.0746 e. The fourth-order valence-electron chi connectivity index (χ4n) is 11.5. The van der Waals surface area contributed by atoms with E-state index < -0.39 is 10.8 Å². The molecule has 0 aromatic heterocycles. The lowest BCUT2D eigenvalue weighted by Crippen LogP contribution is -2.28. The maximum atomic E-state index is 2.54. The molecule has 9 aromatic rings. The predicted molar refractivity (Wildman–Crippen MR) is 234 cm³/mol. The van der Waals surface area contributed by atoms with Gasteiger partial charge in [-0.15, -0.1) is 0 Å². The van der Waals surface area contributed by atoms with Crippen molar-refractivity contribution in [3.05, 3.63) is 257 Å². The Morgan fingerprint density at radius 2 is 0.614 bits per heavy atom. The van der Waals surface area contributed by atoms with Crippen molar-refractivity contribution in [2.24, 2.45) is 0 Å². The Kier molecular flexibility index (Phi) is 6.09. The zero-order valence-electron chi connectivity index (χ0n) is 31.2. The molecule has 0 aliphatic heterocycles. The smallest absolute Gasteiger partial charge is 0.0746 e. The normalized spacial score (nSPS) is 14.6. The van der Waals surface area contributed by atoms with E-state index in [1.165, 1.54) is 94.7 Å². The number of rotatable bonds is 3. The molecule has 0 saturated heterocycles. The van der Waals surface area contributed by atoms with Gasteiger partial charge in [-0.2, -0.15) is 0 Å². The van der Waals surface area contributed by atoms with Crippen molar-refractivity contribution in [2.75, 3.05) is 4.90 Å². The summed E-state index contributed by atoms with van der Waals surface area (Å²) in [7, 11) is 0. The third-order valence-electron chi connectivity index (χ3n) is 13.5. The lowest BCUT2D eigenvalue weighted by Gasteiger charge is -2.36. The molecule has 0 atom stereocenters. The van der Waals surface area contributed by atoms with Crippen LogP contribution < -0.4 is 4.90 Å². The van der Waals surface area contributed by atoms with Gasteiger partial charge in [-0.3, -0.25) is 0 Å². The van der Waals surface area contributed by atoms with Crippen LogP contribution in [0.4, 0.5) is 17.1 Å². The number of nitrogens with zero attached hydrogens (tertiary/aromatic N) is 1. The monoisotopic (exact) mass is 721 g/mol. The first-order chi connectivity index (χ1) is 28.3. The number of hydrogen-bond donors (Lipinski definition) is 0.